The number of hydrogen-bond donors (Lipinski definition) is 3. The predicted molar refractivity (Wildman–Crippen MR) is 100 cm³/mol. The second kappa shape index (κ2) is 7.74. The van der Waals surface area contributed by atoms with Crippen molar-refractivity contribution >= 4 is 27.3 Å². The van der Waals surface area contributed by atoms with Crippen molar-refractivity contribution in [3.05, 3.63) is 24.3 Å². The molecule has 0 bridgehead atoms. The van der Waals surface area contributed by atoms with Crippen molar-refractivity contribution in [2.24, 2.45) is 5.92 Å². The molecule has 0 aromatic heterocycles. The summed E-state index contributed by atoms with van der Waals surface area (Å²) < 4.78 is 26.3. The van der Waals surface area contributed by atoms with Gasteiger partial charge >= 0.3 is 0 Å². The number of hydrogen-bond acceptors (Lipinski definition) is 4. The van der Waals surface area contributed by atoms with E-state index in [1.165, 1.54) is 19.3 Å². The number of sulfonamides is 1. The lowest BCUT2D eigenvalue weighted by Crippen LogP contribution is -2.39. The second-order valence-electron chi connectivity index (χ2n) is 7.10. The standard InChI is InChI=1S/C18H27N3O3S/c1-2-10-25(23,24)21-15-8-5-7-14(12-15)19-18(22)17-11-13-6-3-4-9-16(13)20-17/h5,7-8,12-13,16-17,20-21H,2-4,6,9-11H2,1H3,(H,19,22). The Kier molecular flexibility index (Phi) is 5.64. The highest BCUT2D eigenvalue weighted by atomic mass is 32.2. The van der Waals surface area contributed by atoms with Gasteiger partial charge in [-0.25, -0.2) is 8.42 Å². The van der Waals surface area contributed by atoms with Gasteiger partial charge < -0.3 is 10.6 Å². The van der Waals surface area contributed by atoms with Crippen LogP contribution in [-0.2, 0) is 14.8 Å². The summed E-state index contributed by atoms with van der Waals surface area (Å²) in [4.78, 5) is 12.5. The summed E-state index contributed by atoms with van der Waals surface area (Å²) in [6, 6.07) is 7.17. The summed E-state index contributed by atoms with van der Waals surface area (Å²) in [5.74, 6) is 0.651. The van der Waals surface area contributed by atoms with E-state index in [1.54, 1.807) is 24.3 Å². The number of rotatable bonds is 6. The first kappa shape index (κ1) is 18.2. The SMILES string of the molecule is CCCS(=O)(=O)Nc1cccc(NC(=O)C2CC3CCCCC3N2)c1. The minimum Gasteiger partial charge on any atom is -0.325 e. The lowest BCUT2D eigenvalue weighted by Gasteiger charge is -2.24. The van der Waals surface area contributed by atoms with Gasteiger partial charge in [0.15, 0.2) is 0 Å². The molecule has 3 atom stereocenters. The number of nitrogens with one attached hydrogen (secondary N) is 3. The van der Waals surface area contributed by atoms with Crippen molar-refractivity contribution in [1.29, 1.82) is 0 Å². The van der Waals surface area contributed by atoms with Crippen LogP contribution in [0.4, 0.5) is 11.4 Å². The van der Waals surface area contributed by atoms with Gasteiger partial charge in [0.2, 0.25) is 15.9 Å². The molecule has 1 saturated carbocycles. The first-order valence-electron chi connectivity index (χ1n) is 9.14. The molecule has 138 valence electrons. The Morgan fingerprint density at radius 3 is 2.76 bits per heavy atom. The van der Waals surface area contributed by atoms with Gasteiger partial charge in [-0.15, -0.1) is 0 Å². The molecule has 1 heterocycles. The fourth-order valence-electron chi connectivity index (χ4n) is 3.91. The fourth-order valence-corrected chi connectivity index (χ4v) is 5.04. The highest BCUT2D eigenvalue weighted by Gasteiger charge is 2.38. The zero-order valence-electron chi connectivity index (χ0n) is 14.6. The van der Waals surface area contributed by atoms with E-state index in [9.17, 15) is 13.2 Å². The van der Waals surface area contributed by atoms with Crippen molar-refractivity contribution in [3.8, 4) is 0 Å². The summed E-state index contributed by atoms with van der Waals surface area (Å²) >= 11 is 0. The molecule has 7 heteroatoms. The molecular formula is C18H27N3O3S. The van der Waals surface area contributed by atoms with Gasteiger partial charge in [0.25, 0.3) is 0 Å². The Balaban J connectivity index is 1.61. The molecule has 1 aliphatic heterocycles. The maximum atomic E-state index is 12.5. The van der Waals surface area contributed by atoms with Crippen LogP contribution in [0, 0.1) is 5.92 Å². The van der Waals surface area contributed by atoms with Gasteiger partial charge in [0.1, 0.15) is 0 Å². The number of fused-ring (bicyclic) bond motifs is 1. The topological polar surface area (TPSA) is 87.3 Å². The molecule has 25 heavy (non-hydrogen) atoms. The smallest absolute Gasteiger partial charge is 0.241 e. The van der Waals surface area contributed by atoms with Crippen LogP contribution >= 0.6 is 0 Å². The van der Waals surface area contributed by atoms with Crippen molar-refractivity contribution in [1.82, 2.24) is 5.32 Å². The van der Waals surface area contributed by atoms with Crippen LogP contribution in [0.5, 0.6) is 0 Å². The Morgan fingerprint density at radius 2 is 2.00 bits per heavy atom. The zero-order chi connectivity index (χ0) is 17.9. The molecular weight excluding hydrogens is 338 g/mol. The predicted octanol–water partition coefficient (Wildman–Crippen LogP) is 2.70. The number of anilines is 2. The van der Waals surface area contributed by atoms with E-state index in [1.807, 2.05) is 6.92 Å². The molecule has 0 spiro atoms. The van der Waals surface area contributed by atoms with Crippen molar-refractivity contribution in [2.75, 3.05) is 15.8 Å². The van der Waals surface area contributed by atoms with E-state index < -0.39 is 10.0 Å². The number of benzene rings is 1. The van der Waals surface area contributed by atoms with Crippen LogP contribution in [0.2, 0.25) is 0 Å². The molecule has 1 saturated heterocycles. The molecule has 3 N–H and O–H groups in total. The summed E-state index contributed by atoms with van der Waals surface area (Å²) in [6.45, 7) is 1.82. The minimum atomic E-state index is -3.34. The Bertz CT molecular complexity index is 706. The first-order chi connectivity index (χ1) is 12.0. The van der Waals surface area contributed by atoms with Crippen LogP contribution < -0.4 is 15.4 Å². The Labute approximate surface area is 149 Å². The van der Waals surface area contributed by atoms with Crippen molar-refractivity contribution < 1.29 is 13.2 Å². The van der Waals surface area contributed by atoms with E-state index in [4.69, 9.17) is 0 Å². The third kappa shape index (κ3) is 4.73. The average molecular weight is 365 g/mol. The minimum absolute atomic E-state index is 0.0389. The molecule has 1 aromatic rings. The van der Waals surface area contributed by atoms with E-state index in [-0.39, 0.29) is 17.7 Å². The van der Waals surface area contributed by atoms with E-state index in [0.29, 0.717) is 29.8 Å². The third-order valence-corrected chi connectivity index (χ3v) is 6.55. The summed E-state index contributed by atoms with van der Waals surface area (Å²) in [5.41, 5.74) is 1.08. The maximum Gasteiger partial charge on any atom is 0.241 e. The maximum absolute atomic E-state index is 12.5. The Hall–Kier alpha value is -1.60. The molecule has 0 radical (unpaired) electrons. The number of carbonyl (C=O) groups is 1. The van der Waals surface area contributed by atoms with Crippen LogP contribution in [0.15, 0.2) is 24.3 Å². The molecule has 1 amide bonds. The van der Waals surface area contributed by atoms with Gasteiger partial charge in [-0.2, -0.15) is 0 Å². The van der Waals surface area contributed by atoms with Gasteiger partial charge in [0.05, 0.1) is 17.5 Å². The van der Waals surface area contributed by atoms with E-state index in [0.717, 1.165) is 12.8 Å². The first-order valence-corrected chi connectivity index (χ1v) is 10.8. The average Bonchev–Trinajstić information content (AvgIpc) is 2.98. The molecule has 3 rings (SSSR count). The van der Waals surface area contributed by atoms with E-state index in [2.05, 4.69) is 15.4 Å². The molecule has 1 aromatic carbocycles. The van der Waals surface area contributed by atoms with Crippen molar-refractivity contribution in [2.45, 2.75) is 57.5 Å². The van der Waals surface area contributed by atoms with E-state index >= 15 is 0 Å². The quantitative estimate of drug-likeness (QED) is 0.723. The molecule has 3 unspecified atom stereocenters. The Morgan fingerprint density at radius 1 is 1.24 bits per heavy atom. The second-order valence-corrected chi connectivity index (χ2v) is 8.94. The summed E-state index contributed by atoms with van der Waals surface area (Å²) in [6.07, 6.45) is 6.31. The largest absolute Gasteiger partial charge is 0.325 e. The fraction of sp³-hybridized carbons (Fsp3) is 0.611. The van der Waals surface area contributed by atoms with Gasteiger partial charge in [-0.3, -0.25) is 9.52 Å². The number of amides is 1. The van der Waals surface area contributed by atoms with Gasteiger partial charge in [-0.05, 0) is 49.8 Å². The normalized spacial score (nSPS) is 26.0. The molecule has 1 aliphatic carbocycles. The third-order valence-electron chi connectivity index (χ3n) is 5.06. The van der Waals surface area contributed by atoms with Gasteiger partial charge in [0, 0.05) is 11.7 Å². The highest BCUT2D eigenvalue weighted by Crippen LogP contribution is 2.33. The molecule has 6 nitrogen and oxygen atoms in total. The lowest BCUT2D eigenvalue weighted by atomic mass is 9.85. The summed E-state index contributed by atoms with van der Waals surface area (Å²) in [7, 11) is -3.34. The lowest BCUT2D eigenvalue weighted by molar-refractivity contribution is -0.117. The molecule has 2 fully saturated rings. The summed E-state index contributed by atoms with van der Waals surface area (Å²) in [5, 5.41) is 6.37. The monoisotopic (exact) mass is 365 g/mol. The van der Waals surface area contributed by atoms with Crippen LogP contribution in [0.3, 0.4) is 0 Å². The molecule has 2 aliphatic rings. The number of carbonyl (C=O) groups excluding carboxylic acids is 1. The highest BCUT2D eigenvalue weighted by molar-refractivity contribution is 7.92. The van der Waals surface area contributed by atoms with Gasteiger partial charge in [-0.1, -0.05) is 25.8 Å². The van der Waals surface area contributed by atoms with Crippen LogP contribution in [0.25, 0.3) is 0 Å². The zero-order valence-corrected chi connectivity index (χ0v) is 15.4. The van der Waals surface area contributed by atoms with Crippen LogP contribution in [-0.4, -0.2) is 32.2 Å². The van der Waals surface area contributed by atoms with Crippen molar-refractivity contribution in [3.63, 3.8) is 0 Å². The van der Waals surface area contributed by atoms with Crippen LogP contribution in [0.1, 0.15) is 45.4 Å².